The number of nitrogens with zero attached hydrogens (tertiary/aromatic N) is 1. The van der Waals surface area contributed by atoms with E-state index in [2.05, 4.69) is 21.2 Å². The normalized spacial score (nSPS) is 10.4. The van der Waals surface area contributed by atoms with E-state index in [1.807, 2.05) is 24.3 Å². The Morgan fingerprint density at radius 1 is 1.18 bits per heavy atom. The highest BCUT2D eigenvalue weighted by molar-refractivity contribution is 9.10. The molecule has 3 aromatic rings. The highest BCUT2D eigenvalue weighted by Gasteiger charge is 2.17. The van der Waals surface area contributed by atoms with Crippen LogP contribution in [0.2, 0.25) is 0 Å². The summed E-state index contributed by atoms with van der Waals surface area (Å²) in [6, 6.07) is 14.4. The van der Waals surface area contributed by atoms with Crippen LogP contribution in [0.15, 0.2) is 63.5 Å². The van der Waals surface area contributed by atoms with Crippen LogP contribution in [0, 0.1) is 10.1 Å². The lowest BCUT2D eigenvalue weighted by Crippen LogP contribution is -2.12. The van der Waals surface area contributed by atoms with Gasteiger partial charge in [0.1, 0.15) is 23.9 Å². The first kappa shape index (κ1) is 19.4. The Kier molecular flexibility index (Phi) is 5.95. The fraction of sp³-hybridized carbons (Fsp3) is 0.105. The number of nitro benzene ring substituents is 1. The summed E-state index contributed by atoms with van der Waals surface area (Å²) < 4.78 is 17.1. The average Bonchev–Trinajstić information content (AvgIpc) is 3.16. The van der Waals surface area contributed by atoms with Gasteiger partial charge in [-0.15, -0.1) is 0 Å². The van der Waals surface area contributed by atoms with Gasteiger partial charge in [0.15, 0.2) is 5.76 Å². The Morgan fingerprint density at radius 3 is 2.68 bits per heavy atom. The molecular weight excluding hydrogens is 432 g/mol. The van der Waals surface area contributed by atoms with E-state index >= 15 is 0 Å². The van der Waals surface area contributed by atoms with E-state index < -0.39 is 10.8 Å². The van der Waals surface area contributed by atoms with Gasteiger partial charge in [-0.1, -0.05) is 12.1 Å². The number of nitro groups is 1. The number of para-hydroxylation sites is 1. The lowest BCUT2D eigenvalue weighted by molar-refractivity contribution is -0.384. The van der Waals surface area contributed by atoms with Crippen molar-refractivity contribution in [2.75, 3.05) is 12.4 Å². The topological polar surface area (TPSA) is 104 Å². The van der Waals surface area contributed by atoms with Gasteiger partial charge in [0.25, 0.3) is 11.6 Å². The minimum atomic E-state index is -0.544. The van der Waals surface area contributed by atoms with E-state index in [9.17, 15) is 14.9 Å². The van der Waals surface area contributed by atoms with E-state index in [-0.39, 0.29) is 23.8 Å². The first-order valence-electron chi connectivity index (χ1n) is 8.07. The monoisotopic (exact) mass is 446 g/mol. The van der Waals surface area contributed by atoms with Crippen LogP contribution in [-0.2, 0) is 6.61 Å². The van der Waals surface area contributed by atoms with Crippen molar-refractivity contribution in [1.29, 1.82) is 0 Å². The highest BCUT2D eigenvalue weighted by Crippen LogP contribution is 2.29. The van der Waals surface area contributed by atoms with Gasteiger partial charge < -0.3 is 19.2 Å². The molecule has 0 aliphatic carbocycles. The number of halogens is 1. The first-order valence-corrected chi connectivity index (χ1v) is 8.87. The summed E-state index contributed by atoms with van der Waals surface area (Å²) in [5.41, 5.74) is 0.153. The molecule has 0 fully saturated rings. The number of carbonyl (C=O) groups is 1. The van der Waals surface area contributed by atoms with Crippen LogP contribution in [0.25, 0.3) is 0 Å². The molecule has 1 heterocycles. The average molecular weight is 447 g/mol. The Balaban J connectivity index is 1.67. The lowest BCUT2D eigenvalue weighted by atomic mass is 10.2. The van der Waals surface area contributed by atoms with Crippen molar-refractivity contribution in [3.63, 3.8) is 0 Å². The molecule has 0 aliphatic heterocycles. The summed E-state index contributed by atoms with van der Waals surface area (Å²) in [4.78, 5) is 22.7. The molecule has 1 aromatic heterocycles. The van der Waals surface area contributed by atoms with Gasteiger partial charge in [-0.05, 0) is 46.3 Å². The third-order valence-electron chi connectivity index (χ3n) is 3.74. The summed E-state index contributed by atoms with van der Waals surface area (Å²) in [6.07, 6.45) is 0. The predicted molar refractivity (Wildman–Crippen MR) is 105 cm³/mol. The molecule has 1 N–H and O–H groups in total. The number of amides is 1. The Morgan fingerprint density at radius 2 is 1.96 bits per heavy atom. The summed E-state index contributed by atoms with van der Waals surface area (Å²) in [5.74, 6) is 0.856. The van der Waals surface area contributed by atoms with E-state index in [1.165, 1.54) is 31.4 Å². The Labute approximate surface area is 168 Å². The second-order valence-corrected chi connectivity index (χ2v) is 6.44. The van der Waals surface area contributed by atoms with Gasteiger partial charge in [0, 0.05) is 6.07 Å². The van der Waals surface area contributed by atoms with E-state index in [0.717, 1.165) is 4.47 Å². The maximum atomic E-state index is 12.4. The third kappa shape index (κ3) is 4.49. The predicted octanol–water partition coefficient (Wildman–Crippen LogP) is 4.79. The maximum absolute atomic E-state index is 12.4. The molecule has 3 rings (SSSR count). The van der Waals surface area contributed by atoms with Crippen molar-refractivity contribution in [2.24, 2.45) is 0 Å². The van der Waals surface area contributed by atoms with Gasteiger partial charge in [-0.3, -0.25) is 14.9 Å². The van der Waals surface area contributed by atoms with Gasteiger partial charge in [-0.25, -0.2) is 0 Å². The summed E-state index contributed by atoms with van der Waals surface area (Å²) >= 11 is 3.39. The number of hydrogen-bond acceptors (Lipinski definition) is 6. The van der Waals surface area contributed by atoms with Gasteiger partial charge in [0.05, 0.1) is 28.3 Å². The number of rotatable bonds is 7. The number of furan rings is 1. The summed E-state index contributed by atoms with van der Waals surface area (Å²) in [7, 11) is 1.36. The minimum absolute atomic E-state index is 0.0751. The quantitative estimate of drug-likeness (QED) is 0.413. The highest BCUT2D eigenvalue weighted by atomic mass is 79.9. The minimum Gasteiger partial charge on any atom is -0.494 e. The number of benzene rings is 2. The van der Waals surface area contributed by atoms with Gasteiger partial charge in [0.2, 0.25) is 0 Å². The van der Waals surface area contributed by atoms with Crippen LogP contribution in [0.5, 0.6) is 11.5 Å². The smallest absolute Gasteiger partial charge is 0.291 e. The molecule has 28 heavy (non-hydrogen) atoms. The van der Waals surface area contributed by atoms with Crippen molar-refractivity contribution in [3.05, 3.63) is 80.7 Å². The number of non-ortho nitro benzene ring substituents is 1. The Hall–Kier alpha value is -3.33. The van der Waals surface area contributed by atoms with Crippen molar-refractivity contribution >= 4 is 33.2 Å². The maximum Gasteiger partial charge on any atom is 0.291 e. The fourth-order valence-electron chi connectivity index (χ4n) is 2.37. The molecule has 0 unspecified atom stereocenters. The molecule has 144 valence electrons. The number of nitrogens with one attached hydrogen (secondary N) is 1. The van der Waals surface area contributed by atoms with Crippen molar-refractivity contribution < 1.29 is 23.6 Å². The molecule has 1 amide bonds. The molecule has 0 aliphatic rings. The molecular formula is C19H15BrN2O6. The molecule has 9 heteroatoms. The molecule has 0 radical (unpaired) electrons. The number of carbonyl (C=O) groups excluding carboxylic acids is 1. The Bertz CT molecular complexity index is 1020. The van der Waals surface area contributed by atoms with E-state index in [4.69, 9.17) is 13.9 Å². The van der Waals surface area contributed by atoms with E-state index in [1.54, 1.807) is 6.07 Å². The number of anilines is 1. The van der Waals surface area contributed by atoms with Crippen molar-refractivity contribution in [1.82, 2.24) is 0 Å². The molecule has 0 spiro atoms. The van der Waals surface area contributed by atoms with Crippen LogP contribution in [0.1, 0.15) is 16.3 Å². The second kappa shape index (κ2) is 8.57. The zero-order chi connectivity index (χ0) is 20.1. The van der Waals surface area contributed by atoms with Crippen LogP contribution in [-0.4, -0.2) is 17.9 Å². The van der Waals surface area contributed by atoms with Gasteiger partial charge in [-0.2, -0.15) is 0 Å². The van der Waals surface area contributed by atoms with Crippen molar-refractivity contribution in [3.8, 4) is 11.5 Å². The second-order valence-electron chi connectivity index (χ2n) is 5.58. The largest absolute Gasteiger partial charge is 0.494 e. The molecule has 0 saturated heterocycles. The van der Waals surface area contributed by atoms with Crippen molar-refractivity contribution in [2.45, 2.75) is 6.61 Å². The molecule has 2 aromatic carbocycles. The number of methoxy groups -OCH3 is 1. The summed E-state index contributed by atoms with van der Waals surface area (Å²) in [6.45, 7) is 0.150. The molecule has 0 saturated carbocycles. The fourth-order valence-corrected chi connectivity index (χ4v) is 2.77. The van der Waals surface area contributed by atoms with Crippen LogP contribution in [0.3, 0.4) is 0 Å². The molecule has 0 atom stereocenters. The van der Waals surface area contributed by atoms with Crippen LogP contribution < -0.4 is 14.8 Å². The third-order valence-corrected chi connectivity index (χ3v) is 4.39. The number of hydrogen-bond donors (Lipinski definition) is 1. The van der Waals surface area contributed by atoms with Crippen LogP contribution >= 0.6 is 15.9 Å². The zero-order valence-electron chi connectivity index (χ0n) is 14.7. The zero-order valence-corrected chi connectivity index (χ0v) is 16.3. The van der Waals surface area contributed by atoms with E-state index in [0.29, 0.717) is 17.2 Å². The molecule has 8 nitrogen and oxygen atoms in total. The van der Waals surface area contributed by atoms with Gasteiger partial charge >= 0.3 is 0 Å². The molecule has 0 bridgehead atoms. The summed E-state index contributed by atoms with van der Waals surface area (Å²) in [5, 5.41) is 13.5. The van der Waals surface area contributed by atoms with Crippen LogP contribution in [0.4, 0.5) is 11.4 Å². The first-order chi connectivity index (χ1) is 13.5. The SMILES string of the molecule is COc1cc([N+](=O)[O-])ccc1NC(=O)c1ccc(COc2ccccc2Br)o1. The number of ether oxygens (including phenoxy) is 2. The lowest BCUT2D eigenvalue weighted by Gasteiger charge is -2.09. The standard InChI is InChI=1S/C19H15BrN2O6/c1-26-18-10-12(22(24)25)6-8-15(18)21-19(23)17-9-7-13(28-17)11-27-16-5-3-2-4-14(16)20/h2-10H,11H2,1H3,(H,21,23).